The lowest BCUT2D eigenvalue weighted by Gasteiger charge is -2.14. The molecule has 3 rings (SSSR count). The molecule has 2 aromatic carbocycles. The van der Waals surface area contributed by atoms with Gasteiger partial charge in [0.05, 0.1) is 5.02 Å². The van der Waals surface area contributed by atoms with Gasteiger partial charge in [-0.15, -0.1) is 5.10 Å². The van der Waals surface area contributed by atoms with Crippen molar-refractivity contribution in [3.05, 3.63) is 63.1 Å². The minimum atomic E-state index is 0.385. The molecule has 24 heavy (non-hydrogen) atoms. The summed E-state index contributed by atoms with van der Waals surface area (Å²) < 4.78 is 5.92. The standard InChI is InChI=1S/C16H15Cl2N5O/c1-10-2-4-11(5-3-10)9-24-15-12(6-13(17)7-14(15)18)8-19-16-20-22-23-21-16/h2-7H,8-9H2,1H3,(H2,19,20,21,22,23). The third-order valence-corrected chi connectivity index (χ3v) is 3.87. The number of anilines is 1. The predicted octanol–water partition coefficient (Wildman–Crippen LogP) is 4.01. The summed E-state index contributed by atoms with van der Waals surface area (Å²) in [5, 5.41) is 17.6. The number of ether oxygens (including phenoxy) is 1. The first kappa shape index (κ1) is 16.5. The lowest BCUT2D eigenvalue weighted by Crippen LogP contribution is -2.05. The Morgan fingerprint density at radius 3 is 2.67 bits per heavy atom. The second-order valence-electron chi connectivity index (χ2n) is 5.24. The van der Waals surface area contributed by atoms with E-state index in [4.69, 9.17) is 27.9 Å². The van der Waals surface area contributed by atoms with Gasteiger partial charge in [-0.3, -0.25) is 0 Å². The zero-order valence-electron chi connectivity index (χ0n) is 12.9. The highest BCUT2D eigenvalue weighted by atomic mass is 35.5. The molecular weight excluding hydrogens is 349 g/mol. The fourth-order valence-electron chi connectivity index (χ4n) is 2.16. The van der Waals surface area contributed by atoms with Crippen molar-refractivity contribution < 1.29 is 4.74 Å². The van der Waals surface area contributed by atoms with Crippen molar-refractivity contribution in [1.29, 1.82) is 0 Å². The fourth-order valence-corrected chi connectivity index (χ4v) is 2.75. The van der Waals surface area contributed by atoms with Crippen LogP contribution < -0.4 is 10.1 Å². The zero-order chi connectivity index (χ0) is 16.9. The van der Waals surface area contributed by atoms with E-state index < -0.39 is 0 Å². The number of hydrogen-bond acceptors (Lipinski definition) is 5. The largest absolute Gasteiger partial charge is 0.487 e. The van der Waals surface area contributed by atoms with E-state index in [1.807, 2.05) is 31.2 Å². The number of nitrogens with zero attached hydrogens (tertiary/aromatic N) is 3. The number of H-pyrrole nitrogens is 1. The molecule has 0 radical (unpaired) electrons. The number of rotatable bonds is 6. The van der Waals surface area contributed by atoms with Gasteiger partial charge in [0, 0.05) is 17.1 Å². The van der Waals surface area contributed by atoms with E-state index in [1.165, 1.54) is 5.56 Å². The van der Waals surface area contributed by atoms with Crippen LogP contribution in [0.25, 0.3) is 0 Å². The Bertz CT molecular complexity index is 806. The third-order valence-electron chi connectivity index (χ3n) is 3.37. The van der Waals surface area contributed by atoms with Gasteiger partial charge in [-0.1, -0.05) is 58.1 Å². The van der Waals surface area contributed by atoms with Crippen LogP contribution in [0.15, 0.2) is 36.4 Å². The van der Waals surface area contributed by atoms with Crippen LogP contribution in [0.3, 0.4) is 0 Å². The summed E-state index contributed by atoms with van der Waals surface area (Å²) in [6, 6.07) is 11.6. The SMILES string of the molecule is Cc1ccc(COc2c(Cl)cc(Cl)cc2CNc2nn[nH]n2)cc1. The van der Waals surface area contributed by atoms with E-state index in [1.54, 1.807) is 12.1 Å². The van der Waals surface area contributed by atoms with Gasteiger partial charge in [0.2, 0.25) is 0 Å². The Morgan fingerprint density at radius 1 is 1.17 bits per heavy atom. The van der Waals surface area contributed by atoms with Crippen molar-refractivity contribution in [2.75, 3.05) is 5.32 Å². The van der Waals surface area contributed by atoms with Crippen molar-refractivity contribution in [2.24, 2.45) is 0 Å². The number of aromatic amines is 1. The topological polar surface area (TPSA) is 75.7 Å². The highest BCUT2D eigenvalue weighted by molar-refractivity contribution is 6.35. The Hall–Kier alpha value is -2.31. The van der Waals surface area contributed by atoms with Crippen LogP contribution in [-0.4, -0.2) is 20.6 Å². The van der Waals surface area contributed by atoms with E-state index in [2.05, 4.69) is 25.9 Å². The number of nitrogens with one attached hydrogen (secondary N) is 2. The molecule has 0 saturated carbocycles. The molecule has 0 aliphatic rings. The molecule has 0 atom stereocenters. The van der Waals surface area contributed by atoms with E-state index >= 15 is 0 Å². The molecule has 2 N–H and O–H groups in total. The maximum atomic E-state index is 6.30. The molecule has 3 aromatic rings. The van der Waals surface area contributed by atoms with Crippen LogP contribution in [0.4, 0.5) is 5.95 Å². The van der Waals surface area contributed by atoms with Gasteiger partial charge in [0.1, 0.15) is 12.4 Å². The van der Waals surface area contributed by atoms with Crippen molar-refractivity contribution in [2.45, 2.75) is 20.1 Å². The van der Waals surface area contributed by atoms with Crippen LogP contribution in [0.5, 0.6) is 5.75 Å². The number of hydrogen-bond donors (Lipinski definition) is 2. The van der Waals surface area contributed by atoms with Gasteiger partial charge in [-0.25, -0.2) is 0 Å². The molecular formula is C16H15Cl2N5O. The zero-order valence-corrected chi connectivity index (χ0v) is 14.4. The monoisotopic (exact) mass is 363 g/mol. The molecule has 0 aliphatic carbocycles. The van der Waals surface area contributed by atoms with Crippen molar-refractivity contribution >= 4 is 29.2 Å². The summed E-state index contributed by atoms with van der Waals surface area (Å²) in [4.78, 5) is 0. The Morgan fingerprint density at radius 2 is 1.96 bits per heavy atom. The molecule has 124 valence electrons. The molecule has 1 aromatic heterocycles. The van der Waals surface area contributed by atoms with Crippen LogP contribution in [0.2, 0.25) is 10.0 Å². The van der Waals surface area contributed by atoms with Crippen molar-refractivity contribution in [3.63, 3.8) is 0 Å². The summed E-state index contributed by atoms with van der Waals surface area (Å²) in [7, 11) is 0. The normalized spacial score (nSPS) is 10.6. The number of aryl methyl sites for hydroxylation is 1. The first-order valence-corrected chi connectivity index (χ1v) is 8.01. The number of benzene rings is 2. The molecule has 0 unspecified atom stereocenters. The minimum absolute atomic E-state index is 0.385. The Balaban J connectivity index is 1.76. The third kappa shape index (κ3) is 4.15. The smallest absolute Gasteiger partial charge is 0.263 e. The highest BCUT2D eigenvalue weighted by Gasteiger charge is 2.12. The van der Waals surface area contributed by atoms with Gasteiger partial charge in [-0.2, -0.15) is 5.21 Å². The molecule has 0 saturated heterocycles. The van der Waals surface area contributed by atoms with Crippen molar-refractivity contribution in [3.8, 4) is 5.75 Å². The second kappa shape index (κ2) is 7.51. The van der Waals surface area contributed by atoms with Crippen molar-refractivity contribution in [1.82, 2.24) is 20.6 Å². The molecule has 0 spiro atoms. The number of halogens is 2. The van der Waals surface area contributed by atoms with E-state index in [0.717, 1.165) is 11.1 Å². The quantitative estimate of drug-likeness (QED) is 0.691. The van der Waals surface area contributed by atoms with Crippen LogP contribution in [-0.2, 0) is 13.2 Å². The minimum Gasteiger partial charge on any atom is -0.487 e. The van der Waals surface area contributed by atoms with E-state index in [0.29, 0.717) is 34.9 Å². The summed E-state index contributed by atoms with van der Waals surface area (Å²) in [5.74, 6) is 0.966. The number of aromatic nitrogens is 4. The average molecular weight is 364 g/mol. The second-order valence-corrected chi connectivity index (χ2v) is 6.08. The van der Waals surface area contributed by atoms with Gasteiger partial charge in [0.15, 0.2) is 0 Å². The fraction of sp³-hybridized carbons (Fsp3) is 0.188. The lowest BCUT2D eigenvalue weighted by atomic mass is 10.1. The molecule has 0 fully saturated rings. The molecule has 0 bridgehead atoms. The maximum absolute atomic E-state index is 6.30. The van der Waals surface area contributed by atoms with Gasteiger partial charge in [-0.05, 0) is 29.8 Å². The van der Waals surface area contributed by atoms with E-state index in [-0.39, 0.29) is 0 Å². The maximum Gasteiger partial charge on any atom is 0.263 e. The van der Waals surface area contributed by atoms with Gasteiger partial charge >= 0.3 is 0 Å². The molecule has 1 heterocycles. The summed E-state index contributed by atoms with van der Waals surface area (Å²) in [6.45, 7) is 2.86. The van der Waals surface area contributed by atoms with Gasteiger partial charge < -0.3 is 10.1 Å². The number of tetrazole rings is 1. The predicted molar refractivity (Wildman–Crippen MR) is 93.5 cm³/mol. The summed E-state index contributed by atoms with van der Waals surface area (Å²) >= 11 is 12.4. The molecule has 0 aliphatic heterocycles. The summed E-state index contributed by atoms with van der Waals surface area (Å²) in [6.07, 6.45) is 0. The first-order chi connectivity index (χ1) is 11.6. The Kier molecular flexibility index (Phi) is 5.17. The van der Waals surface area contributed by atoms with Gasteiger partial charge in [0.25, 0.3) is 5.95 Å². The average Bonchev–Trinajstić information content (AvgIpc) is 3.07. The molecule has 0 amide bonds. The molecule has 6 nitrogen and oxygen atoms in total. The Labute approximate surface area is 149 Å². The van der Waals surface area contributed by atoms with Crippen LogP contribution in [0, 0.1) is 6.92 Å². The first-order valence-electron chi connectivity index (χ1n) is 7.25. The lowest BCUT2D eigenvalue weighted by molar-refractivity contribution is 0.303. The molecule has 8 heteroatoms. The van der Waals surface area contributed by atoms with E-state index in [9.17, 15) is 0 Å². The van der Waals surface area contributed by atoms with Crippen LogP contribution >= 0.6 is 23.2 Å². The summed E-state index contributed by atoms with van der Waals surface area (Å²) in [5.41, 5.74) is 3.07. The highest BCUT2D eigenvalue weighted by Crippen LogP contribution is 2.33. The van der Waals surface area contributed by atoms with Crippen LogP contribution in [0.1, 0.15) is 16.7 Å².